The molecule has 0 atom stereocenters. The number of amides is 1. The Hall–Kier alpha value is -2.14. The van der Waals surface area contributed by atoms with E-state index >= 15 is 0 Å². The van der Waals surface area contributed by atoms with Crippen LogP contribution >= 0.6 is 0 Å². The Kier molecular flexibility index (Phi) is 3.05. The van der Waals surface area contributed by atoms with Crippen molar-refractivity contribution >= 4 is 16.7 Å². The number of nitrogens with one attached hydrogen (secondary N) is 3. The Labute approximate surface area is 110 Å². The van der Waals surface area contributed by atoms with Crippen LogP contribution in [0.15, 0.2) is 35.1 Å². The summed E-state index contributed by atoms with van der Waals surface area (Å²) in [6.07, 6.45) is 0. The molecular weight excluding hydrogens is 242 g/mol. The van der Waals surface area contributed by atoms with Crippen molar-refractivity contribution in [3.05, 3.63) is 46.4 Å². The van der Waals surface area contributed by atoms with Gasteiger partial charge in [-0.05, 0) is 17.5 Å². The first-order chi connectivity index (χ1) is 9.24. The molecule has 98 valence electrons. The smallest absolute Gasteiger partial charge is 0.267 e. The standard InChI is InChI=1S/C14H15N3O2/c18-13-11-4-2-1-3-10(11)5-12(17-13)14(19)16-8-9-6-15-7-9/h1-5,9,15H,6-8H2,(H,16,19)(H,17,18). The highest BCUT2D eigenvalue weighted by atomic mass is 16.2. The molecule has 5 heteroatoms. The Morgan fingerprint density at radius 2 is 2.11 bits per heavy atom. The van der Waals surface area contributed by atoms with Crippen LogP contribution in [0.1, 0.15) is 10.5 Å². The molecule has 3 N–H and O–H groups in total. The lowest BCUT2D eigenvalue weighted by Gasteiger charge is -2.27. The number of pyridine rings is 1. The highest BCUT2D eigenvalue weighted by molar-refractivity contribution is 5.96. The normalized spacial score (nSPS) is 15.2. The van der Waals surface area contributed by atoms with E-state index in [0.717, 1.165) is 18.5 Å². The topological polar surface area (TPSA) is 74.0 Å². The van der Waals surface area contributed by atoms with Crippen LogP contribution in [-0.2, 0) is 0 Å². The third-order valence-electron chi connectivity index (χ3n) is 3.42. The maximum atomic E-state index is 12.0. The Morgan fingerprint density at radius 3 is 2.84 bits per heavy atom. The SMILES string of the molecule is O=C(NCC1CNC1)c1cc2ccccc2c(=O)[nH]1. The Morgan fingerprint density at radius 1 is 1.32 bits per heavy atom. The zero-order valence-corrected chi connectivity index (χ0v) is 10.4. The number of aromatic amines is 1. The predicted molar refractivity (Wildman–Crippen MR) is 73.3 cm³/mol. The number of aromatic nitrogens is 1. The Bertz CT molecular complexity index is 674. The molecule has 1 saturated heterocycles. The van der Waals surface area contributed by atoms with Gasteiger partial charge in [-0.25, -0.2) is 0 Å². The minimum atomic E-state index is -0.228. The quantitative estimate of drug-likeness (QED) is 0.748. The van der Waals surface area contributed by atoms with Crippen molar-refractivity contribution in [2.45, 2.75) is 0 Å². The lowest BCUT2D eigenvalue weighted by Crippen LogP contribution is -2.48. The second kappa shape index (κ2) is 4.85. The molecule has 1 amide bonds. The van der Waals surface area contributed by atoms with Crippen LogP contribution in [0.4, 0.5) is 0 Å². The predicted octanol–water partition coefficient (Wildman–Crippen LogP) is 0.477. The van der Waals surface area contributed by atoms with E-state index in [0.29, 0.717) is 23.5 Å². The molecule has 1 fully saturated rings. The molecule has 2 heterocycles. The molecule has 1 aromatic carbocycles. The first-order valence-corrected chi connectivity index (χ1v) is 6.35. The summed E-state index contributed by atoms with van der Waals surface area (Å²) >= 11 is 0. The maximum absolute atomic E-state index is 12.0. The van der Waals surface area contributed by atoms with Gasteiger partial charge in [0.1, 0.15) is 5.69 Å². The van der Waals surface area contributed by atoms with Crippen molar-refractivity contribution in [3.63, 3.8) is 0 Å². The van der Waals surface area contributed by atoms with E-state index in [-0.39, 0.29) is 11.5 Å². The number of fused-ring (bicyclic) bond motifs is 1. The largest absolute Gasteiger partial charge is 0.350 e. The zero-order valence-electron chi connectivity index (χ0n) is 10.4. The first-order valence-electron chi connectivity index (χ1n) is 6.35. The number of rotatable bonds is 3. The molecule has 1 aromatic heterocycles. The van der Waals surface area contributed by atoms with E-state index in [2.05, 4.69) is 15.6 Å². The van der Waals surface area contributed by atoms with Gasteiger partial charge in [0.05, 0.1) is 0 Å². The van der Waals surface area contributed by atoms with Crippen LogP contribution in [-0.4, -0.2) is 30.5 Å². The summed E-state index contributed by atoms with van der Waals surface area (Å²) in [5.41, 5.74) is 0.0875. The molecule has 2 aromatic rings. The van der Waals surface area contributed by atoms with Gasteiger partial charge in [0, 0.05) is 30.9 Å². The van der Waals surface area contributed by atoms with E-state index in [9.17, 15) is 9.59 Å². The minimum Gasteiger partial charge on any atom is -0.350 e. The van der Waals surface area contributed by atoms with Crippen molar-refractivity contribution in [1.82, 2.24) is 15.6 Å². The van der Waals surface area contributed by atoms with Gasteiger partial charge >= 0.3 is 0 Å². The molecule has 0 unspecified atom stereocenters. The monoisotopic (exact) mass is 257 g/mol. The molecule has 0 spiro atoms. The summed E-state index contributed by atoms with van der Waals surface area (Å²) in [6, 6.07) is 8.95. The van der Waals surface area contributed by atoms with Crippen molar-refractivity contribution in [2.24, 2.45) is 5.92 Å². The van der Waals surface area contributed by atoms with Crippen molar-refractivity contribution in [1.29, 1.82) is 0 Å². The van der Waals surface area contributed by atoms with Gasteiger partial charge < -0.3 is 15.6 Å². The minimum absolute atomic E-state index is 0.227. The lowest BCUT2D eigenvalue weighted by atomic mass is 10.0. The molecule has 1 aliphatic rings. The molecule has 1 aliphatic heterocycles. The molecular formula is C14H15N3O2. The average molecular weight is 257 g/mol. The van der Waals surface area contributed by atoms with E-state index < -0.39 is 0 Å². The highest BCUT2D eigenvalue weighted by Crippen LogP contribution is 2.10. The van der Waals surface area contributed by atoms with E-state index in [1.807, 2.05) is 12.1 Å². The van der Waals surface area contributed by atoms with Gasteiger partial charge in [-0.1, -0.05) is 18.2 Å². The van der Waals surface area contributed by atoms with Crippen LogP contribution in [0.5, 0.6) is 0 Å². The second-order valence-electron chi connectivity index (χ2n) is 4.83. The van der Waals surface area contributed by atoms with Gasteiger partial charge in [-0.15, -0.1) is 0 Å². The number of hydrogen-bond acceptors (Lipinski definition) is 3. The van der Waals surface area contributed by atoms with Crippen LogP contribution < -0.4 is 16.2 Å². The van der Waals surface area contributed by atoms with Gasteiger partial charge in [0.2, 0.25) is 0 Å². The van der Waals surface area contributed by atoms with Crippen LogP contribution in [0.3, 0.4) is 0 Å². The first kappa shape index (κ1) is 11.9. The highest BCUT2D eigenvalue weighted by Gasteiger charge is 2.18. The average Bonchev–Trinajstić information content (AvgIpc) is 2.36. The van der Waals surface area contributed by atoms with E-state index in [1.165, 1.54) is 0 Å². The molecule has 0 bridgehead atoms. The van der Waals surface area contributed by atoms with E-state index in [1.54, 1.807) is 18.2 Å². The fourth-order valence-corrected chi connectivity index (χ4v) is 2.16. The molecule has 0 aliphatic carbocycles. The molecule has 19 heavy (non-hydrogen) atoms. The summed E-state index contributed by atoms with van der Waals surface area (Å²) in [6.45, 7) is 2.52. The van der Waals surface area contributed by atoms with Crippen molar-refractivity contribution in [3.8, 4) is 0 Å². The fraction of sp³-hybridized carbons (Fsp3) is 0.286. The van der Waals surface area contributed by atoms with Gasteiger partial charge in [-0.2, -0.15) is 0 Å². The van der Waals surface area contributed by atoms with Crippen molar-refractivity contribution < 1.29 is 4.79 Å². The number of benzene rings is 1. The molecule has 5 nitrogen and oxygen atoms in total. The maximum Gasteiger partial charge on any atom is 0.267 e. The fourth-order valence-electron chi connectivity index (χ4n) is 2.16. The summed E-state index contributed by atoms with van der Waals surface area (Å²) < 4.78 is 0. The molecule has 3 rings (SSSR count). The summed E-state index contributed by atoms with van der Waals surface area (Å²) in [5.74, 6) is 0.269. The zero-order chi connectivity index (χ0) is 13.2. The van der Waals surface area contributed by atoms with Crippen LogP contribution in [0.2, 0.25) is 0 Å². The van der Waals surface area contributed by atoms with Gasteiger partial charge in [0.25, 0.3) is 11.5 Å². The summed E-state index contributed by atoms with van der Waals surface area (Å²) in [7, 11) is 0. The summed E-state index contributed by atoms with van der Waals surface area (Å²) in [4.78, 5) is 26.5. The van der Waals surface area contributed by atoms with Gasteiger partial charge in [-0.3, -0.25) is 9.59 Å². The summed E-state index contributed by atoms with van der Waals surface area (Å²) in [5, 5.41) is 7.37. The Balaban J connectivity index is 1.83. The second-order valence-corrected chi connectivity index (χ2v) is 4.83. The van der Waals surface area contributed by atoms with Crippen LogP contribution in [0.25, 0.3) is 10.8 Å². The van der Waals surface area contributed by atoms with Crippen LogP contribution in [0, 0.1) is 5.92 Å². The third-order valence-corrected chi connectivity index (χ3v) is 3.42. The number of carbonyl (C=O) groups is 1. The number of H-pyrrole nitrogens is 1. The van der Waals surface area contributed by atoms with Gasteiger partial charge in [0.15, 0.2) is 0 Å². The molecule has 0 saturated carbocycles. The van der Waals surface area contributed by atoms with E-state index in [4.69, 9.17) is 0 Å². The lowest BCUT2D eigenvalue weighted by molar-refractivity contribution is 0.0937. The number of carbonyl (C=O) groups excluding carboxylic acids is 1. The molecule has 0 radical (unpaired) electrons. The van der Waals surface area contributed by atoms with Crippen molar-refractivity contribution in [2.75, 3.05) is 19.6 Å². The third kappa shape index (κ3) is 2.37. The number of hydrogen-bond donors (Lipinski definition) is 3.